The maximum absolute atomic E-state index is 14.0. The van der Waals surface area contributed by atoms with Gasteiger partial charge in [-0.05, 0) is 18.4 Å². The van der Waals surface area contributed by atoms with Crippen molar-refractivity contribution >= 4 is 11.1 Å². The first-order valence-corrected chi connectivity index (χ1v) is 7.17. The summed E-state index contributed by atoms with van der Waals surface area (Å²) >= 11 is 0. The predicted molar refractivity (Wildman–Crippen MR) is 77.6 cm³/mol. The van der Waals surface area contributed by atoms with Gasteiger partial charge in [-0.2, -0.15) is 0 Å². The highest BCUT2D eigenvalue weighted by atomic mass is 19.1. The van der Waals surface area contributed by atoms with Crippen LogP contribution in [-0.2, 0) is 6.42 Å². The third-order valence-electron chi connectivity index (χ3n) is 3.24. The lowest BCUT2D eigenvalue weighted by molar-refractivity contribution is 0.343. The minimum atomic E-state index is -0.490. The second-order valence-corrected chi connectivity index (χ2v) is 4.87. The number of nitrogens with zero attached hydrogens (tertiary/aromatic N) is 1. The van der Waals surface area contributed by atoms with Gasteiger partial charge in [0.1, 0.15) is 17.9 Å². The maximum Gasteiger partial charge on any atom is 0.195 e. The van der Waals surface area contributed by atoms with Gasteiger partial charge >= 0.3 is 0 Å². The molecule has 0 amide bonds. The van der Waals surface area contributed by atoms with E-state index in [-0.39, 0.29) is 12.1 Å². The summed E-state index contributed by atoms with van der Waals surface area (Å²) in [6.45, 7) is 3.99. The number of ether oxygens (including phenoxy) is 1. The van der Waals surface area contributed by atoms with E-state index in [4.69, 9.17) is 9.15 Å². The van der Waals surface area contributed by atoms with E-state index < -0.39 is 5.82 Å². The molecule has 0 saturated carbocycles. The van der Waals surface area contributed by atoms with Crippen molar-refractivity contribution in [3.05, 3.63) is 35.7 Å². The van der Waals surface area contributed by atoms with Gasteiger partial charge in [-0.15, -0.1) is 0 Å². The Kier molecular flexibility index (Phi) is 5.31. The molecule has 114 valence electrons. The van der Waals surface area contributed by atoms with Crippen LogP contribution in [0.1, 0.15) is 39.0 Å². The number of fused-ring (bicyclic) bond motifs is 1. The van der Waals surface area contributed by atoms with Crippen molar-refractivity contribution in [1.82, 2.24) is 4.98 Å². The predicted octanol–water partition coefficient (Wildman–Crippen LogP) is 4.95. The molecule has 2 aromatic rings. The average molecular weight is 295 g/mol. The normalized spacial score (nSPS) is 12.1. The Morgan fingerprint density at radius 3 is 2.86 bits per heavy atom. The van der Waals surface area contributed by atoms with Crippen LogP contribution < -0.4 is 4.74 Å². The number of benzene rings is 1. The second kappa shape index (κ2) is 7.20. The lowest BCUT2D eigenvalue weighted by Gasteiger charge is -2.07. The molecule has 0 aliphatic heterocycles. The average Bonchev–Trinajstić information content (AvgIpc) is 2.90. The molecule has 21 heavy (non-hydrogen) atoms. The van der Waals surface area contributed by atoms with Crippen LogP contribution in [0.5, 0.6) is 5.75 Å². The van der Waals surface area contributed by atoms with E-state index in [9.17, 15) is 8.78 Å². The van der Waals surface area contributed by atoms with E-state index in [1.807, 2.05) is 6.92 Å². The van der Waals surface area contributed by atoms with Crippen LogP contribution in [-0.4, -0.2) is 11.6 Å². The zero-order chi connectivity index (χ0) is 15.2. The Balaban J connectivity index is 2.19. The van der Waals surface area contributed by atoms with Gasteiger partial charge in [0.25, 0.3) is 0 Å². The fourth-order valence-corrected chi connectivity index (χ4v) is 1.92. The van der Waals surface area contributed by atoms with Crippen LogP contribution in [0.3, 0.4) is 0 Å². The van der Waals surface area contributed by atoms with Gasteiger partial charge in [0.15, 0.2) is 17.3 Å². The minimum absolute atomic E-state index is 0.0920. The first kappa shape index (κ1) is 15.5. The Bertz CT molecular complexity index is 634. The van der Waals surface area contributed by atoms with Crippen LogP contribution in [0, 0.1) is 5.82 Å². The molecule has 0 saturated heterocycles. The van der Waals surface area contributed by atoms with E-state index in [0.717, 1.165) is 12.8 Å². The van der Waals surface area contributed by atoms with Gasteiger partial charge in [0.05, 0.1) is 6.33 Å². The van der Waals surface area contributed by atoms with Crippen LogP contribution in [0.4, 0.5) is 8.78 Å². The van der Waals surface area contributed by atoms with Crippen LogP contribution in [0.2, 0.25) is 0 Å². The first-order chi connectivity index (χ1) is 10.2. The van der Waals surface area contributed by atoms with Gasteiger partial charge in [-0.25, -0.2) is 13.8 Å². The quantitative estimate of drug-likeness (QED) is 0.724. The molecule has 1 heterocycles. The lowest BCUT2D eigenvalue weighted by atomic mass is 10.2. The largest absolute Gasteiger partial charge is 0.489 e. The Hall–Kier alpha value is -1.91. The highest BCUT2D eigenvalue weighted by Crippen LogP contribution is 2.26. The molecule has 3 nitrogen and oxygen atoms in total. The van der Waals surface area contributed by atoms with Crippen molar-refractivity contribution in [3.8, 4) is 5.75 Å². The Morgan fingerprint density at radius 1 is 1.38 bits per heavy atom. The summed E-state index contributed by atoms with van der Waals surface area (Å²) in [5.74, 6) is 0.350. The van der Waals surface area contributed by atoms with Gasteiger partial charge in [-0.3, -0.25) is 0 Å². The summed E-state index contributed by atoms with van der Waals surface area (Å²) in [4.78, 5) is 4.15. The monoisotopic (exact) mass is 295 g/mol. The number of hydrogen-bond acceptors (Lipinski definition) is 3. The molecule has 0 bridgehead atoms. The van der Waals surface area contributed by atoms with Crippen molar-refractivity contribution in [2.24, 2.45) is 0 Å². The first-order valence-electron chi connectivity index (χ1n) is 7.17. The van der Waals surface area contributed by atoms with Crippen molar-refractivity contribution in [2.75, 3.05) is 6.61 Å². The third-order valence-corrected chi connectivity index (χ3v) is 3.24. The number of rotatable bonds is 7. The molecule has 0 spiro atoms. The van der Waals surface area contributed by atoms with Crippen molar-refractivity contribution in [3.63, 3.8) is 0 Å². The van der Waals surface area contributed by atoms with E-state index >= 15 is 0 Å². The molecule has 0 radical (unpaired) electrons. The molecular formula is C16H19F2NO2. The SMILES string of the molecule is CCCCc1nc2c(F)cc(OC/C(=C/F)CC)cc2o1. The van der Waals surface area contributed by atoms with Crippen molar-refractivity contribution in [1.29, 1.82) is 0 Å². The number of halogens is 2. The van der Waals surface area contributed by atoms with Crippen LogP contribution >= 0.6 is 0 Å². The van der Waals surface area contributed by atoms with E-state index in [1.54, 1.807) is 6.07 Å². The molecular weight excluding hydrogens is 276 g/mol. The summed E-state index contributed by atoms with van der Waals surface area (Å²) in [7, 11) is 0. The molecule has 0 aliphatic rings. The molecule has 0 unspecified atom stereocenters. The number of oxazole rings is 1. The van der Waals surface area contributed by atoms with Gasteiger partial charge < -0.3 is 9.15 Å². The van der Waals surface area contributed by atoms with E-state index in [1.165, 1.54) is 6.07 Å². The second-order valence-electron chi connectivity index (χ2n) is 4.87. The smallest absolute Gasteiger partial charge is 0.195 e. The molecule has 1 aromatic heterocycles. The Morgan fingerprint density at radius 2 is 2.19 bits per heavy atom. The van der Waals surface area contributed by atoms with Gasteiger partial charge in [-0.1, -0.05) is 20.3 Å². The molecule has 2 rings (SSSR count). The summed E-state index contributed by atoms with van der Waals surface area (Å²) < 4.78 is 37.4. The topological polar surface area (TPSA) is 35.3 Å². The number of aryl methyl sites for hydroxylation is 1. The standard InChI is InChI=1S/C16H19F2NO2/c1-3-5-6-15-19-16-13(18)7-12(8-14(16)21-15)20-10-11(4-2)9-17/h7-9H,3-6,10H2,1-2H3/b11-9+. The van der Waals surface area contributed by atoms with E-state index in [2.05, 4.69) is 11.9 Å². The fourth-order valence-electron chi connectivity index (χ4n) is 1.92. The summed E-state index contributed by atoms with van der Waals surface area (Å²) in [5, 5.41) is 0. The summed E-state index contributed by atoms with van der Waals surface area (Å²) in [6.07, 6.45) is 3.71. The number of aromatic nitrogens is 1. The number of hydrogen-bond donors (Lipinski definition) is 0. The Labute approximate surface area is 122 Å². The van der Waals surface area contributed by atoms with E-state index in [0.29, 0.717) is 42.0 Å². The number of unbranched alkanes of at least 4 members (excludes halogenated alkanes) is 1. The zero-order valence-electron chi connectivity index (χ0n) is 12.3. The third kappa shape index (κ3) is 3.80. The van der Waals surface area contributed by atoms with Gasteiger partial charge in [0, 0.05) is 18.6 Å². The minimum Gasteiger partial charge on any atom is -0.489 e. The van der Waals surface area contributed by atoms with Crippen molar-refractivity contribution in [2.45, 2.75) is 39.5 Å². The van der Waals surface area contributed by atoms with Crippen molar-refractivity contribution < 1.29 is 17.9 Å². The molecule has 0 atom stereocenters. The molecule has 0 fully saturated rings. The van der Waals surface area contributed by atoms with Crippen LogP contribution in [0.15, 0.2) is 28.5 Å². The van der Waals surface area contributed by atoms with Gasteiger partial charge in [0.2, 0.25) is 0 Å². The highest BCUT2D eigenvalue weighted by molar-refractivity contribution is 5.75. The zero-order valence-corrected chi connectivity index (χ0v) is 12.3. The molecule has 0 aliphatic carbocycles. The fraction of sp³-hybridized carbons (Fsp3) is 0.438. The molecule has 0 N–H and O–H groups in total. The summed E-state index contributed by atoms with van der Waals surface area (Å²) in [6, 6.07) is 2.84. The molecule has 5 heteroatoms. The maximum atomic E-state index is 14.0. The molecule has 1 aromatic carbocycles. The lowest BCUT2D eigenvalue weighted by Crippen LogP contribution is -2.00. The van der Waals surface area contributed by atoms with Crippen LogP contribution in [0.25, 0.3) is 11.1 Å². The summed E-state index contributed by atoms with van der Waals surface area (Å²) in [5.41, 5.74) is 1.08. The highest BCUT2D eigenvalue weighted by Gasteiger charge is 2.12.